The first-order chi connectivity index (χ1) is 12.7. The summed E-state index contributed by atoms with van der Waals surface area (Å²) < 4.78 is 29.0. The van der Waals surface area contributed by atoms with Gasteiger partial charge in [-0.1, -0.05) is 0 Å². The number of pyridine rings is 1. The van der Waals surface area contributed by atoms with Crippen molar-refractivity contribution in [1.29, 1.82) is 0 Å². The highest BCUT2D eigenvalue weighted by Crippen LogP contribution is 2.13. The summed E-state index contributed by atoms with van der Waals surface area (Å²) in [5.41, 5.74) is 2.03. The number of anilines is 1. The van der Waals surface area contributed by atoms with Gasteiger partial charge in [0.25, 0.3) is 5.91 Å². The Morgan fingerprint density at radius 3 is 2.59 bits per heavy atom. The molecule has 0 saturated heterocycles. The van der Waals surface area contributed by atoms with Gasteiger partial charge in [0.1, 0.15) is 5.65 Å². The topological polar surface area (TPSA) is 133 Å². The predicted octanol–water partition coefficient (Wildman–Crippen LogP) is 1.09. The van der Waals surface area contributed by atoms with E-state index in [1.165, 1.54) is 30.5 Å². The summed E-state index contributed by atoms with van der Waals surface area (Å²) in [5.74, 6) is -1.30. The van der Waals surface area contributed by atoms with Crippen LogP contribution in [0.3, 0.4) is 0 Å². The lowest BCUT2D eigenvalue weighted by atomic mass is 10.3. The van der Waals surface area contributed by atoms with Crippen molar-refractivity contribution in [3.8, 4) is 0 Å². The summed E-state index contributed by atoms with van der Waals surface area (Å²) in [6, 6.07) is 8.96. The van der Waals surface area contributed by atoms with Crippen LogP contribution in [0.2, 0.25) is 0 Å². The molecule has 2 aromatic heterocycles. The molecule has 0 radical (unpaired) electrons. The van der Waals surface area contributed by atoms with Crippen LogP contribution in [0.15, 0.2) is 53.7 Å². The average Bonchev–Trinajstić information content (AvgIpc) is 3.02. The van der Waals surface area contributed by atoms with Gasteiger partial charge in [-0.25, -0.2) is 23.3 Å². The van der Waals surface area contributed by atoms with Crippen molar-refractivity contribution in [2.75, 3.05) is 11.9 Å². The highest BCUT2D eigenvalue weighted by molar-refractivity contribution is 7.89. The normalized spacial score (nSPS) is 11.3. The number of aryl methyl sites for hydroxylation is 1. The number of ether oxygens (including phenoxy) is 1. The maximum absolute atomic E-state index is 12.1. The molecule has 140 valence electrons. The molecule has 0 aliphatic carbocycles. The van der Waals surface area contributed by atoms with Gasteiger partial charge in [-0.2, -0.15) is 0 Å². The van der Waals surface area contributed by atoms with E-state index >= 15 is 0 Å². The van der Waals surface area contributed by atoms with E-state index in [0.29, 0.717) is 11.3 Å². The summed E-state index contributed by atoms with van der Waals surface area (Å²) in [7, 11) is -3.81. The van der Waals surface area contributed by atoms with Gasteiger partial charge in [0, 0.05) is 18.1 Å². The number of nitrogens with zero attached hydrogens (tertiary/aromatic N) is 2. The van der Waals surface area contributed by atoms with Crippen molar-refractivity contribution in [3.63, 3.8) is 0 Å². The van der Waals surface area contributed by atoms with E-state index in [1.807, 2.05) is 19.1 Å². The Morgan fingerprint density at radius 2 is 1.93 bits per heavy atom. The van der Waals surface area contributed by atoms with Crippen molar-refractivity contribution in [3.05, 3.63) is 60.0 Å². The number of primary sulfonamides is 1. The van der Waals surface area contributed by atoms with E-state index in [0.717, 1.165) is 5.56 Å². The number of nitrogens with two attached hydrogens (primary N) is 1. The maximum Gasteiger partial charge on any atom is 0.359 e. The summed E-state index contributed by atoms with van der Waals surface area (Å²) in [5, 5.41) is 7.48. The second-order valence-corrected chi connectivity index (χ2v) is 7.35. The zero-order chi connectivity index (χ0) is 19.6. The summed E-state index contributed by atoms with van der Waals surface area (Å²) in [4.78, 5) is 28.0. The fourth-order valence-electron chi connectivity index (χ4n) is 2.31. The zero-order valence-corrected chi connectivity index (χ0v) is 15.1. The fraction of sp³-hybridized carbons (Fsp3) is 0.118. The van der Waals surface area contributed by atoms with Crippen molar-refractivity contribution in [1.82, 2.24) is 9.38 Å². The second kappa shape index (κ2) is 7.17. The number of sulfonamides is 1. The second-order valence-electron chi connectivity index (χ2n) is 5.79. The summed E-state index contributed by atoms with van der Waals surface area (Å²) in [6.07, 6.45) is 3.29. The number of imidazole rings is 1. The van der Waals surface area contributed by atoms with Gasteiger partial charge >= 0.3 is 5.97 Å². The standard InChI is InChI=1S/C17H16N4O5S/c1-11-6-7-21-9-14(20-15(21)8-11)17(23)26-10-16(22)19-12-2-4-13(5-3-12)27(18,24)25/h2-9H,10H2,1H3,(H,19,22)(H2,18,24,25). The van der Waals surface area contributed by atoms with Crippen LogP contribution in [0, 0.1) is 6.92 Å². The lowest BCUT2D eigenvalue weighted by Crippen LogP contribution is -2.21. The molecule has 0 unspecified atom stereocenters. The number of nitrogens with one attached hydrogen (secondary N) is 1. The Bertz CT molecular complexity index is 1120. The molecule has 0 atom stereocenters. The number of aromatic nitrogens is 2. The van der Waals surface area contributed by atoms with Gasteiger partial charge in [0.2, 0.25) is 10.0 Å². The first-order valence-corrected chi connectivity index (χ1v) is 9.32. The average molecular weight is 388 g/mol. The van der Waals surface area contributed by atoms with E-state index in [4.69, 9.17) is 9.88 Å². The number of esters is 1. The molecular weight excluding hydrogens is 372 g/mol. The fourth-order valence-corrected chi connectivity index (χ4v) is 2.83. The SMILES string of the molecule is Cc1ccn2cc(C(=O)OCC(=O)Nc3ccc(S(N)(=O)=O)cc3)nc2c1. The van der Waals surface area contributed by atoms with Gasteiger partial charge < -0.3 is 14.5 Å². The molecule has 0 bridgehead atoms. The third-order valence-electron chi connectivity index (χ3n) is 3.63. The molecule has 3 rings (SSSR count). The van der Waals surface area contributed by atoms with Crippen molar-refractivity contribution in [2.24, 2.45) is 5.14 Å². The Kier molecular flexibility index (Phi) is 4.93. The molecule has 3 aromatic rings. The first-order valence-electron chi connectivity index (χ1n) is 7.77. The maximum atomic E-state index is 12.1. The summed E-state index contributed by atoms with van der Waals surface area (Å²) in [6.45, 7) is 1.40. The molecule has 9 nitrogen and oxygen atoms in total. The van der Waals surface area contributed by atoms with Crippen LogP contribution in [0.5, 0.6) is 0 Å². The highest BCUT2D eigenvalue weighted by Gasteiger charge is 2.15. The highest BCUT2D eigenvalue weighted by atomic mass is 32.2. The number of carbonyl (C=O) groups excluding carboxylic acids is 2. The molecule has 0 saturated carbocycles. The molecule has 10 heteroatoms. The minimum Gasteiger partial charge on any atom is -0.451 e. The molecule has 0 aliphatic rings. The van der Waals surface area contributed by atoms with E-state index in [9.17, 15) is 18.0 Å². The van der Waals surface area contributed by atoms with Gasteiger partial charge in [0.15, 0.2) is 12.3 Å². The van der Waals surface area contributed by atoms with Crippen molar-refractivity contribution < 1.29 is 22.7 Å². The number of benzene rings is 1. The first kappa shape index (κ1) is 18.5. The molecule has 0 spiro atoms. The summed E-state index contributed by atoms with van der Waals surface area (Å²) >= 11 is 0. The molecule has 3 N–H and O–H groups in total. The van der Waals surface area contributed by atoms with Crippen molar-refractivity contribution in [2.45, 2.75) is 11.8 Å². The van der Waals surface area contributed by atoms with Crippen LogP contribution in [-0.4, -0.2) is 36.3 Å². The van der Waals surface area contributed by atoms with E-state index < -0.39 is 28.5 Å². The smallest absolute Gasteiger partial charge is 0.359 e. The lowest BCUT2D eigenvalue weighted by molar-refractivity contribution is -0.119. The van der Waals surface area contributed by atoms with E-state index in [1.54, 1.807) is 10.6 Å². The molecule has 0 fully saturated rings. The van der Waals surface area contributed by atoms with E-state index in [-0.39, 0.29) is 10.6 Å². The quantitative estimate of drug-likeness (QED) is 0.629. The molecule has 1 aromatic carbocycles. The number of hydrogen-bond acceptors (Lipinski definition) is 6. The Labute approximate surface area is 154 Å². The molecule has 2 heterocycles. The third-order valence-corrected chi connectivity index (χ3v) is 4.56. The predicted molar refractivity (Wildman–Crippen MR) is 96.7 cm³/mol. The third kappa shape index (κ3) is 4.49. The monoisotopic (exact) mass is 388 g/mol. The van der Waals surface area contributed by atoms with Crippen LogP contribution >= 0.6 is 0 Å². The lowest BCUT2D eigenvalue weighted by Gasteiger charge is -2.06. The Morgan fingerprint density at radius 1 is 1.22 bits per heavy atom. The Hall–Kier alpha value is -3.24. The minimum absolute atomic E-state index is 0.0750. The minimum atomic E-state index is -3.81. The van der Waals surface area contributed by atoms with E-state index in [2.05, 4.69) is 10.3 Å². The number of hydrogen-bond donors (Lipinski definition) is 2. The molecule has 27 heavy (non-hydrogen) atoms. The van der Waals surface area contributed by atoms with Gasteiger partial charge in [0.05, 0.1) is 4.90 Å². The Balaban J connectivity index is 1.58. The van der Waals surface area contributed by atoms with Crippen LogP contribution in [-0.2, 0) is 19.6 Å². The van der Waals surface area contributed by atoms with Crippen LogP contribution in [0.1, 0.15) is 16.1 Å². The molecule has 0 aliphatic heterocycles. The van der Waals surface area contributed by atoms with Crippen LogP contribution < -0.4 is 10.5 Å². The van der Waals surface area contributed by atoms with Gasteiger partial charge in [-0.05, 0) is 48.9 Å². The van der Waals surface area contributed by atoms with Gasteiger partial charge in [-0.3, -0.25) is 4.79 Å². The zero-order valence-electron chi connectivity index (χ0n) is 14.2. The number of fused-ring (bicyclic) bond motifs is 1. The van der Waals surface area contributed by atoms with Gasteiger partial charge in [-0.15, -0.1) is 0 Å². The van der Waals surface area contributed by atoms with Crippen LogP contribution in [0.4, 0.5) is 5.69 Å². The molecular formula is C17H16N4O5S. The van der Waals surface area contributed by atoms with Crippen molar-refractivity contribution >= 4 is 33.2 Å². The number of rotatable bonds is 5. The number of amides is 1. The molecule has 1 amide bonds. The number of carbonyl (C=O) groups is 2. The van der Waals surface area contributed by atoms with Crippen LogP contribution in [0.25, 0.3) is 5.65 Å². The largest absolute Gasteiger partial charge is 0.451 e.